The highest BCUT2D eigenvalue weighted by Gasteiger charge is 2.23. The average Bonchev–Trinajstić information content (AvgIpc) is 2.75. The molecule has 1 aliphatic heterocycles. The molecule has 0 saturated carbocycles. The van der Waals surface area contributed by atoms with E-state index in [1.807, 2.05) is 22.5 Å². The Bertz CT molecular complexity index is 389. The molecule has 1 fully saturated rings. The quantitative estimate of drug-likeness (QED) is 0.773. The van der Waals surface area contributed by atoms with E-state index in [1.165, 1.54) is 11.9 Å². The van der Waals surface area contributed by atoms with Crippen molar-refractivity contribution in [2.45, 2.75) is 18.5 Å². The molecule has 2 rings (SSSR count). The van der Waals surface area contributed by atoms with Crippen LogP contribution >= 0.6 is 11.9 Å². The van der Waals surface area contributed by atoms with Crippen molar-refractivity contribution in [3.8, 4) is 11.5 Å². The smallest absolute Gasteiger partial charge is 0.161 e. The highest BCUT2D eigenvalue weighted by Crippen LogP contribution is 2.33. The fraction of sp³-hybridized carbons (Fsp3) is 0.500. The summed E-state index contributed by atoms with van der Waals surface area (Å²) < 4.78 is 25.5. The zero-order chi connectivity index (χ0) is 12.3. The lowest BCUT2D eigenvalue weighted by Crippen LogP contribution is -2.11. The van der Waals surface area contributed by atoms with Gasteiger partial charge in [0.25, 0.3) is 0 Å². The Morgan fingerprint density at radius 1 is 1.41 bits per heavy atom. The van der Waals surface area contributed by atoms with Crippen molar-refractivity contribution in [3.63, 3.8) is 0 Å². The van der Waals surface area contributed by atoms with Crippen molar-refractivity contribution in [1.29, 1.82) is 0 Å². The van der Waals surface area contributed by atoms with E-state index in [0.29, 0.717) is 13.0 Å². The van der Waals surface area contributed by atoms with Gasteiger partial charge in [-0.05, 0) is 18.0 Å². The molecule has 1 aromatic rings. The average molecular weight is 257 g/mol. The Balaban J connectivity index is 2.09. The van der Waals surface area contributed by atoms with Crippen LogP contribution < -0.4 is 9.47 Å². The van der Waals surface area contributed by atoms with Crippen LogP contribution in [0, 0.1) is 0 Å². The van der Waals surface area contributed by atoms with Gasteiger partial charge in [-0.3, -0.25) is 0 Å². The monoisotopic (exact) mass is 257 g/mol. The second kappa shape index (κ2) is 5.60. The lowest BCUT2D eigenvalue weighted by molar-refractivity contribution is 0.382. The van der Waals surface area contributed by atoms with Gasteiger partial charge in [-0.2, -0.15) is 0 Å². The molecule has 3 nitrogen and oxygen atoms in total. The molecule has 0 N–H and O–H groups in total. The van der Waals surface area contributed by atoms with Crippen LogP contribution in [0.4, 0.5) is 4.39 Å². The Morgan fingerprint density at radius 2 is 2.24 bits per heavy atom. The molecular weight excluding hydrogens is 241 g/mol. The van der Waals surface area contributed by atoms with E-state index in [0.717, 1.165) is 23.6 Å². The summed E-state index contributed by atoms with van der Waals surface area (Å²) in [6.07, 6.45) is 0.600. The number of alkyl halides is 1. The number of hydrogen-bond acceptors (Lipinski definition) is 4. The van der Waals surface area contributed by atoms with Crippen LogP contribution in [0.5, 0.6) is 11.5 Å². The Morgan fingerprint density at radius 3 is 2.82 bits per heavy atom. The SMILES string of the molecule is COc1ccc(CN2CCC(F)S2)c(OC)c1. The topological polar surface area (TPSA) is 21.7 Å². The van der Waals surface area contributed by atoms with Crippen LogP contribution in [0.25, 0.3) is 0 Å². The summed E-state index contributed by atoms with van der Waals surface area (Å²) in [5.41, 5.74) is 0.286. The van der Waals surface area contributed by atoms with Crippen molar-refractivity contribution in [2.75, 3.05) is 20.8 Å². The van der Waals surface area contributed by atoms with E-state index in [-0.39, 0.29) is 0 Å². The van der Waals surface area contributed by atoms with Gasteiger partial charge in [-0.1, -0.05) is 6.07 Å². The standard InChI is InChI=1S/C12H16FNO2S/c1-15-10-4-3-9(11(7-10)16-2)8-14-6-5-12(13)17-14/h3-4,7,12H,5-6,8H2,1-2H3. The summed E-state index contributed by atoms with van der Waals surface area (Å²) in [7, 11) is 3.26. The third-order valence-corrected chi connectivity index (χ3v) is 3.78. The normalized spacial score (nSPS) is 20.5. The molecule has 5 heteroatoms. The zero-order valence-electron chi connectivity index (χ0n) is 9.98. The maximum absolute atomic E-state index is 13.0. The van der Waals surface area contributed by atoms with Gasteiger partial charge in [0.05, 0.1) is 14.2 Å². The van der Waals surface area contributed by atoms with E-state index in [1.54, 1.807) is 14.2 Å². The van der Waals surface area contributed by atoms with E-state index in [9.17, 15) is 4.39 Å². The molecule has 0 bridgehead atoms. The molecule has 94 valence electrons. The Kier molecular flexibility index (Phi) is 4.12. The van der Waals surface area contributed by atoms with Crippen LogP contribution in [0.2, 0.25) is 0 Å². The van der Waals surface area contributed by atoms with Gasteiger partial charge in [0.15, 0.2) is 5.50 Å². The molecule has 0 spiro atoms. The maximum Gasteiger partial charge on any atom is 0.161 e. The van der Waals surface area contributed by atoms with Crippen molar-refractivity contribution in [3.05, 3.63) is 23.8 Å². The molecule has 1 saturated heterocycles. The number of halogens is 1. The predicted octanol–water partition coefficient (Wildman–Crippen LogP) is 2.85. The molecule has 1 aliphatic rings. The number of hydrogen-bond donors (Lipinski definition) is 0. The third-order valence-electron chi connectivity index (χ3n) is 2.71. The lowest BCUT2D eigenvalue weighted by Gasteiger charge is -2.16. The first-order valence-electron chi connectivity index (χ1n) is 5.49. The summed E-state index contributed by atoms with van der Waals surface area (Å²) in [4.78, 5) is 0. The molecule has 0 aromatic heterocycles. The van der Waals surface area contributed by atoms with Gasteiger partial charge < -0.3 is 9.47 Å². The summed E-state index contributed by atoms with van der Waals surface area (Å²) in [6, 6.07) is 5.71. The fourth-order valence-corrected chi connectivity index (χ4v) is 2.76. The predicted molar refractivity (Wildman–Crippen MR) is 67.1 cm³/mol. The first-order chi connectivity index (χ1) is 8.22. The van der Waals surface area contributed by atoms with Crippen molar-refractivity contribution < 1.29 is 13.9 Å². The van der Waals surface area contributed by atoms with Crippen LogP contribution in [0.3, 0.4) is 0 Å². The second-order valence-corrected chi connectivity index (χ2v) is 5.08. The number of nitrogens with zero attached hydrogens (tertiary/aromatic N) is 1. The van der Waals surface area contributed by atoms with Crippen LogP contribution in [-0.4, -0.2) is 30.6 Å². The van der Waals surface area contributed by atoms with Crippen molar-refractivity contribution in [1.82, 2.24) is 4.31 Å². The first-order valence-corrected chi connectivity index (χ1v) is 6.33. The Labute approximate surface area is 105 Å². The summed E-state index contributed by atoms with van der Waals surface area (Å²) in [5.74, 6) is 1.55. The lowest BCUT2D eigenvalue weighted by atomic mass is 10.2. The van der Waals surface area contributed by atoms with Crippen LogP contribution in [0.1, 0.15) is 12.0 Å². The second-order valence-electron chi connectivity index (χ2n) is 3.85. The van der Waals surface area contributed by atoms with Crippen LogP contribution in [0.15, 0.2) is 18.2 Å². The van der Waals surface area contributed by atoms with E-state index < -0.39 is 5.50 Å². The van der Waals surface area contributed by atoms with Gasteiger partial charge in [0.1, 0.15) is 11.5 Å². The van der Waals surface area contributed by atoms with Gasteiger partial charge in [-0.15, -0.1) is 0 Å². The van der Waals surface area contributed by atoms with E-state index in [2.05, 4.69) is 0 Å². The van der Waals surface area contributed by atoms with Crippen LogP contribution in [-0.2, 0) is 6.54 Å². The fourth-order valence-electron chi connectivity index (χ4n) is 1.80. The number of benzene rings is 1. The minimum absolute atomic E-state index is 0.600. The number of rotatable bonds is 4. The van der Waals surface area contributed by atoms with E-state index >= 15 is 0 Å². The molecule has 1 unspecified atom stereocenters. The highest BCUT2D eigenvalue weighted by atomic mass is 32.2. The molecule has 0 aliphatic carbocycles. The number of ether oxygens (including phenoxy) is 2. The summed E-state index contributed by atoms with van der Waals surface area (Å²) >= 11 is 1.27. The number of methoxy groups -OCH3 is 2. The zero-order valence-corrected chi connectivity index (χ0v) is 10.8. The van der Waals surface area contributed by atoms with Gasteiger partial charge in [-0.25, -0.2) is 8.70 Å². The largest absolute Gasteiger partial charge is 0.497 e. The van der Waals surface area contributed by atoms with E-state index in [4.69, 9.17) is 9.47 Å². The highest BCUT2D eigenvalue weighted by molar-refractivity contribution is 7.97. The van der Waals surface area contributed by atoms with Gasteiger partial charge >= 0.3 is 0 Å². The summed E-state index contributed by atoms with van der Waals surface area (Å²) in [6.45, 7) is 1.47. The third kappa shape index (κ3) is 3.04. The Hall–Kier alpha value is -0.940. The molecule has 1 atom stereocenters. The molecule has 1 aromatic carbocycles. The first kappa shape index (κ1) is 12.5. The molecule has 17 heavy (non-hydrogen) atoms. The molecule has 0 radical (unpaired) electrons. The molecule has 1 heterocycles. The minimum Gasteiger partial charge on any atom is -0.497 e. The van der Waals surface area contributed by atoms with Gasteiger partial charge in [0, 0.05) is 31.1 Å². The van der Waals surface area contributed by atoms with Crippen molar-refractivity contribution in [2.24, 2.45) is 0 Å². The summed E-state index contributed by atoms with van der Waals surface area (Å²) in [5, 5.41) is 0. The minimum atomic E-state index is -0.765. The molecule has 0 amide bonds. The van der Waals surface area contributed by atoms with Crippen molar-refractivity contribution >= 4 is 11.9 Å². The van der Waals surface area contributed by atoms with Gasteiger partial charge in [0.2, 0.25) is 0 Å². The maximum atomic E-state index is 13.0. The molecular formula is C12H16FNO2S.